The Morgan fingerprint density at radius 2 is 1.80 bits per heavy atom. The van der Waals surface area contributed by atoms with Crippen LogP contribution in [0.15, 0.2) is 18.2 Å². The Morgan fingerprint density at radius 1 is 1.10 bits per heavy atom. The molecule has 0 aliphatic carbocycles. The zero-order valence-electron chi connectivity index (χ0n) is 12.0. The summed E-state index contributed by atoms with van der Waals surface area (Å²) in [7, 11) is 0. The third kappa shape index (κ3) is 2.45. The van der Waals surface area contributed by atoms with Gasteiger partial charge >= 0.3 is 0 Å². The van der Waals surface area contributed by atoms with Crippen LogP contribution in [0.3, 0.4) is 0 Å². The van der Waals surface area contributed by atoms with E-state index in [0.717, 1.165) is 26.2 Å². The van der Waals surface area contributed by atoms with Gasteiger partial charge in [-0.25, -0.2) is 0 Å². The summed E-state index contributed by atoms with van der Waals surface area (Å²) in [6.07, 6.45) is 0. The molecule has 1 saturated heterocycles. The molecular weight excluding hydrogens is 256 g/mol. The van der Waals surface area contributed by atoms with E-state index in [1.54, 1.807) is 12.1 Å². The van der Waals surface area contributed by atoms with E-state index in [0.29, 0.717) is 23.1 Å². The minimum Gasteiger partial charge on any atom is -0.454 e. The standard InChI is InChI=1S/C15H20N2O3/c1-11(2)16-5-7-17(8-6-16)15(18)12-3-4-13-14(9-12)20-10-19-13/h3-4,9,11H,5-8,10H2,1-2H3. The Balaban J connectivity index is 1.68. The molecule has 2 aliphatic rings. The van der Waals surface area contributed by atoms with E-state index >= 15 is 0 Å². The summed E-state index contributed by atoms with van der Waals surface area (Å²) in [5, 5.41) is 0. The van der Waals surface area contributed by atoms with Crippen molar-refractivity contribution in [3.05, 3.63) is 23.8 Å². The molecule has 0 saturated carbocycles. The van der Waals surface area contributed by atoms with Gasteiger partial charge in [0.1, 0.15) is 0 Å². The summed E-state index contributed by atoms with van der Waals surface area (Å²) < 4.78 is 10.6. The largest absolute Gasteiger partial charge is 0.454 e. The molecule has 108 valence electrons. The first-order valence-corrected chi connectivity index (χ1v) is 7.08. The average Bonchev–Trinajstić information content (AvgIpc) is 2.94. The predicted octanol–water partition coefficient (Wildman–Crippen LogP) is 1.58. The van der Waals surface area contributed by atoms with Crippen LogP contribution in [-0.2, 0) is 0 Å². The van der Waals surface area contributed by atoms with Crippen molar-refractivity contribution in [3.63, 3.8) is 0 Å². The number of fused-ring (bicyclic) bond motifs is 1. The van der Waals surface area contributed by atoms with Crippen molar-refractivity contribution in [2.24, 2.45) is 0 Å². The fourth-order valence-corrected chi connectivity index (χ4v) is 2.65. The van der Waals surface area contributed by atoms with Crippen LogP contribution in [0.5, 0.6) is 11.5 Å². The van der Waals surface area contributed by atoms with E-state index in [1.165, 1.54) is 0 Å². The molecular formula is C15H20N2O3. The van der Waals surface area contributed by atoms with Gasteiger partial charge in [0.25, 0.3) is 5.91 Å². The first-order chi connectivity index (χ1) is 9.65. The highest BCUT2D eigenvalue weighted by Crippen LogP contribution is 2.32. The molecule has 2 heterocycles. The summed E-state index contributed by atoms with van der Waals surface area (Å²) in [4.78, 5) is 16.8. The summed E-state index contributed by atoms with van der Waals surface area (Å²) in [6.45, 7) is 8.06. The van der Waals surface area contributed by atoms with Crippen molar-refractivity contribution in [2.45, 2.75) is 19.9 Å². The van der Waals surface area contributed by atoms with Gasteiger partial charge < -0.3 is 14.4 Å². The molecule has 1 aromatic rings. The van der Waals surface area contributed by atoms with Gasteiger partial charge in [-0.3, -0.25) is 9.69 Å². The molecule has 0 aromatic heterocycles. The molecule has 1 fully saturated rings. The van der Waals surface area contributed by atoms with Crippen molar-refractivity contribution < 1.29 is 14.3 Å². The van der Waals surface area contributed by atoms with Gasteiger partial charge in [0.15, 0.2) is 11.5 Å². The monoisotopic (exact) mass is 276 g/mol. The third-order valence-corrected chi connectivity index (χ3v) is 3.95. The van der Waals surface area contributed by atoms with E-state index in [-0.39, 0.29) is 12.7 Å². The van der Waals surface area contributed by atoms with E-state index in [4.69, 9.17) is 9.47 Å². The molecule has 0 spiro atoms. The van der Waals surface area contributed by atoms with E-state index < -0.39 is 0 Å². The smallest absolute Gasteiger partial charge is 0.254 e. The van der Waals surface area contributed by atoms with Crippen molar-refractivity contribution in [1.29, 1.82) is 0 Å². The number of hydrogen-bond acceptors (Lipinski definition) is 4. The number of carbonyl (C=O) groups excluding carboxylic acids is 1. The van der Waals surface area contributed by atoms with Crippen LogP contribution in [0.25, 0.3) is 0 Å². The van der Waals surface area contributed by atoms with Gasteiger partial charge in [0, 0.05) is 37.8 Å². The van der Waals surface area contributed by atoms with E-state index in [9.17, 15) is 4.79 Å². The molecule has 2 aliphatic heterocycles. The highest BCUT2D eigenvalue weighted by atomic mass is 16.7. The number of rotatable bonds is 2. The number of piperazine rings is 1. The van der Waals surface area contributed by atoms with Crippen LogP contribution in [0, 0.1) is 0 Å². The van der Waals surface area contributed by atoms with Crippen molar-refractivity contribution >= 4 is 5.91 Å². The summed E-state index contributed by atoms with van der Waals surface area (Å²) in [5.41, 5.74) is 0.673. The maximum atomic E-state index is 12.5. The average molecular weight is 276 g/mol. The number of carbonyl (C=O) groups is 1. The molecule has 5 heteroatoms. The van der Waals surface area contributed by atoms with Crippen molar-refractivity contribution in [3.8, 4) is 11.5 Å². The van der Waals surface area contributed by atoms with Crippen LogP contribution in [-0.4, -0.2) is 54.7 Å². The van der Waals surface area contributed by atoms with Gasteiger partial charge in [0.05, 0.1) is 0 Å². The molecule has 1 aromatic carbocycles. The molecule has 0 N–H and O–H groups in total. The Bertz CT molecular complexity index is 508. The summed E-state index contributed by atoms with van der Waals surface area (Å²) in [6, 6.07) is 5.93. The van der Waals surface area contributed by atoms with E-state index in [1.807, 2.05) is 11.0 Å². The van der Waals surface area contributed by atoms with Crippen LogP contribution in [0.1, 0.15) is 24.2 Å². The first kappa shape index (κ1) is 13.2. The van der Waals surface area contributed by atoms with Crippen LogP contribution in [0.4, 0.5) is 0 Å². The van der Waals surface area contributed by atoms with E-state index in [2.05, 4.69) is 18.7 Å². The Labute approximate surface area is 119 Å². The SMILES string of the molecule is CC(C)N1CCN(C(=O)c2ccc3c(c2)OCO3)CC1. The quantitative estimate of drug-likeness (QED) is 0.822. The van der Waals surface area contributed by atoms with Gasteiger partial charge in [-0.2, -0.15) is 0 Å². The van der Waals surface area contributed by atoms with Crippen LogP contribution >= 0.6 is 0 Å². The Kier molecular flexibility index (Phi) is 3.53. The summed E-state index contributed by atoms with van der Waals surface area (Å²) >= 11 is 0. The lowest BCUT2D eigenvalue weighted by molar-refractivity contribution is 0.0595. The second kappa shape index (κ2) is 5.32. The molecule has 0 atom stereocenters. The number of hydrogen-bond donors (Lipinski definition) is 0. The summed E-state index contributed by atoms with van der Waals surface area (Å²) in [5.74, 6) is 1.45. The number of ether oxygens (including phenoxy) is 2. The topological polar surface area (TPSA) is 42.0 Å². The predicted molar refractivity (Wildman–Crippen MR) is 75.2 cm³/mol. The molecule has 0 radical (unpaired) electrons. The van der Waals surface area contributed by atoms with Gasteiger partial charge in [0.2, 0.25) is 6.79 Å². The zero-order valence-corrected chi connectivity index (χ0v) is 12.0. The lowest BCUT2D eigenvalue weighted by Gasteiger charge is -2.37. The fourth-order valence-electron chi connectivity index (χ4n) is 2.65. The Hall–Kier alpha value is -1.75. The second-order valence-electron chi connectivity index (χ2n) is 5.49. The molecule has 3 rings (SSSR count). The number of benzene rings is 1. The lowest BCUT2D eigenvalue weighted by atomic mass is 10.1. The first-order valence-electron chi connectivity index (χ1n) is 7.08. The maximum absolute atomic E-state index is 12.5. The van der Waals surface area contributed by atoms with Gasteiger partial charge in [-0.05, 0) is 32.0 Å². The number of nitrogens with zero attached hydrogens (tertiary/aromatic N) is 2. The van der Waals surface area contributed by atoms with Crippen LogP contribution in [0.2, 0.25) is 0 Å². The lowest BCUT2D eigenvalue weighted by Crippen LogP contribution is -2.50. The minimum absolute atomic E-state index is 0.0757. The molecule has 0 bridgehead atoms. The zero-order chi connectivity index (χ0) is 14.1. The normalized spacial score (nSPS) is 18.6. The molecule has 20 heavy (non-hydrogen) atoms. The van der Waals surface area contributed by atoms with Crippen LogP contribution < -0.4 is 9.47 Å². The molecule has 5 nitrogen and oxygen atoms in total. The minimum atomic E-state index is 0.0757. The highest BCUT2D eigenvalue weighted by molar-refractivity contribution is 5.95. The fraction of sp³-hybridized carbons (Fsp3) is 0.533. The molecule has 1 amide bonds. The Morgan fingerprint density at radius 3 is 2.50 bits per heavy atom. The highest BCUT2D eigenvalue weighted by Gasteiger charge is 2.24. The second-order valence-corrected chi connectivity index (χ2v) is 5.49. The van der Waals surface area contributed by atoms with Gasteiger partial charge in [-0.1, -0.05) is 0 Å². The van der Waals surface area contributed by atoms with Crippen molar-refractivity contribution in [2.75, 3.05) is 33.0 Å². The third-order valence-electron chi connectivity index (χ3n) is 3.95. The van der Waals surface area contributed by atoms with Crippen molar-refractivity contribution in [1.82, 2.24) is 9.80 Å². The number of amides is 1. The molecule has 0 unspecified atom stereocenters. The van der Waals surface area contributed by atoms with Gasteiger partial charge in [-0.15, -0.1) is 0 Å². The maximum Gasteiger partial charge on any atom is 0.254 e.